The molecule has 1 aliphatic rings. The maximum Gasteiger partial charge on any atom is -0.00398 e. The van der Waals surface area contributed by atoms with Crippen LogP contribution < -0.4 is 5.73 Å². The van der Waals surface area contributed by atoms with Crippen LogP contribution in [0.25, 0.3) is 0 Å². The van der Waals surface area contributed by atoms with E-state index in [0.717, 1.165) is 13.0 Å². The highest BCUT2D eigenvalue weighted by atomic mass is 14.5. The predicted molar refractivity (Wildman–Crippen MR) is 54.1 cm³/mol. The fraction of sp³-hybridized carbons (Fsp3) is 0.818. The molecular weight excluding hydrogens is 146 g/mol. The normalized spacial score (nSPS) is 16.5. The SMILES string of the molecule is CCCCCC1=C(CCN)CC1. The molecule has 0 radical (unpaired) electrons. The van der Waals surface area contributed by atoms with Crippen LogP contribution in [0.15, 0.2) is 11.1 Å². The maximum atomic E-state index is 5.52. The predicted octanol–water partition coefficient (Wildman–Crippen LogP) is 3.01. The Kier molecular flexibility index (Phi) is 4.37. The van der Waals surface area contributed by atoms with Gasteiger partial charge in [0.05, 0.1) is 0 Å². The number of unbranched alkanes of at least 4 members (excludes halogenated alkanes) is 2. The van der Waals surface area contributed by atoms with Crippen molar-refractivity contribution in [1.82, 2.24) is 0 Å². The van der Waals surface area contributed by atoms with Crippen molar-refractivity contribution in [3.05, 3.63) is 11.1 Å². The molecule has 0 fully saturated rings. The molecule has 1 rings (SSSR count). The van der Waals surface area contributed by atoms with Gasteiger partial charge in [-0.15, -0.1) is 0 Å². The molecule has 1 nitrogen and oxygen atoms in total. The van der Waals surface area contributed by atoms with Crippen molar-refractivity contribution in [3.8, 4) is 0 Å². The minimum atomic E-state index is 0.840. The third kappa shape index (κ3) is 2.63. The lowest BCUT2D eigenvalue weighted by Crippen LogP contribution is -2.09. The van der Waals surface area contributed by atoms with Gasteiger partial charge in [0.1, 0.15) is 0 Å². The average molecular weight is 167 g/mol. The monoisotopic (exact) mass is 167 g/mol. The highest BCUT2D eigenvalue weighted by Crippen LogP contribution is 2.33. The fourth-order valence-corrected chi connectivity index (χ4v) is 1.84. The van der Waals surface area contributed by atoms with Gasteiger partial charge in [-0.3, -0.25) is 0 Å². The van der Waals surface area contributed by atoms with E-state index in [2.05, 4.69) is 6.92 Å². The molecule has 12 heavy (non-hydrogen) atoms. The van der Waals surface area contributed by atoms with Gasteiger partial charge in [0, 0.05) is 0 Å². The van der Waals surface area contributed by atoms with Crippen molar-refractivity contribution in [2.75, 3.05) is 6.54 Å². The van der Waals surface area contributed by atoms with Crippen molar-refractivity contribution in [3.63, 3.8) is 0 Å². The molecule has 0 unspecified atom stereocenters. The number of hydrogen-bond acceptors (Lipinski definition) is 1. The number of nitrogens with two attached hydrogens (primary N) is 1. The van der Waals surface area contributed by atoms with Crippen LogP contribution in [0.5, 0.6) is 0 Å². The Morgan fingerprint density at radius 2 is 1.75 bits per heavy atom. The zero-order chi connectivity index (χ0) is 8.81. The quantitative estimate of drug-likeness (QED) is 0.477. The summed E-state index contributed by atoms with van der Waals surface area (Å²) in [5.74, 6) is 0. The molecule has 0 bridgehead atoms. The molecule has 2 N–H and O–H groups in total. The Bertz CT molecular complexity index is 158. The van der Waals surface area contributed by atoms with Crippen molar-refractivity contribution in [1.29, 1.82) is 0 Å². The van der Waals surface area contributed by atoms with Crippen molar-refractivity contribution >= 4 is 0 Å². The molecule has 0 aliphatic heterocycles. The minimum Gasteiger partial charge on any atom is -0.330 e. The van der Waals surface area contributed by atoms with E-state index >= 15 is 0 Å². The summed E-state index contributed by atoms with van der Waals surface area (Å²) < 4.78 is 0. The van der Waals surface area contributed by atoms with Gasteiger partial charge in [-0.25, -0.2) is 0 Å². The lowest BCUT2D eigenvalue weighted by atomic mass is 9.83. The summed E-state index contributed by atoms with van der Waals surface area (Å²) in [5, 5.41) is 0. The second-order valence-corrected chi connectivity index (χ2v) is 3.70. The van der Waals surface area contributed by atoms with E-state index in [1.54, 1.807) is 11.1 Å². The van der Waals surface area contributed by atoms with E-state index < -0.39 is 0 Å². The molecule has 0 amide bonds. The van der Waals surface area contributed by atoms with E-state index in [0.29, 0.717) is 0 Å². The van der Waals surface area contributed by atoms with E-state index in [4.69, 9.17) is 5.73 Å². The van der Waals surface area contributed by atoms with Gasteiger partial charge in [-0.05, 0) is 38.6 Å². The zero-order valence-electron chi connectivity index (χ0n) is 8.23. The Morgan fingerprint density at radius 1 is 1.08 bits per heavy atom. The van der Waals surface area contributed by atoms with E-state index in [-0.39, 0.29) is 0 Å². The first-order valence-corrected chi connectivity index (χ1v) is 5.28. The van der Waals surface area contributed by atoms with Gasteiger partial charge >= 0.3 is 0 Å². The fourth-order valence-electron chi connectivity index (χ4n) is 1.84. The van der Waals surface area contributed by atoms with Gasteiger partial charge in [-0.1, -0.05) is 30.9 Å². The van der Waals surface area contributed by atoms with Crippen molar-refractivity contribution in [2.45, 2.75) is 51.9 Å². The molecule has 0 saturated carbocycles. The first-order chi connectivity index (χ1) is 5.88. The van der Waals surface area contributed by atoms with Gasteiger partial charge in [-0.2, -0.15) is 0 Å². The van der Waals surface area contributed by atoms with Crippen LogP contribution in [0.2, 0.25) is 0 Å². The second kappa shape index (κ2) is 5.36. The van der Waals surface area contributed by atoms with Crippen LogP contribution in [-0.4, -0.2) is 6.54 Å². The van der Waals surface area contributed by atoms with Crippen LogP contribution in [0.4, 0.5) is 0 Å². The van der Waals surface area contributed by atoms with Gasteiger partial charge in [0.25, 0.3) is 0 Å². The van der Waals surface area contributed by atoms with Crippen LogP contribution in [0.3, 0.4) is 0 Å². The third-order valence-electron chi connectivity index (χ3n) is 2.76. The van der Waals surface area contributed by atoms with E-state index in [9.17, 15) is 0 Å². The van der Waals surface area contributed by atoms with E-state index in [1.807, 2.05) is 0 Å². The first kappa shape index (κ1) is 9.79. The Balaban J connectivity index is 2.18. The molecule has 1 aliphatic carbocycles. The summed E-state index contributed by atoms with van der Waals surface area (Å²) in [7, 11) is 0. The van der Waals surface area contributed by atoms with Crippen molar-refractivity contribution < 1.29 is 0 Å². The highest BCUT2D eigenvalue weighted by molar-refractivity contribution is 5.24. The topological polar surface area (TPSA) is 26.0 Å². The van der Waals surface area contributed by atoms with Crippen molar-refractivity contribution in [2.24, 2.45) is 5.73 Å². The Morgan fingerprint density at radius 3 is 2.25 bits per heavy atom. The second-order valence-electron chi connectivity index (χ2n) is 3.70. The molecule has 0 aromatic rings. The van der Waals surface area contributed by atoms with Gasteiger partial charge in [0.15, 0.2) is 0 Å². The summed E-state index contributed by atoms with van der Waals surface area (Å²) in [5.41, 5.74) is 8.93. The summed E-state index contributed by atoms with van der Waals surface area (Å²) in [6.07, 6.45) is 9.31. The van der Waals surface area contributed by atoms with Crippen LogP contribution in [0, 0.1) is 0 Å². The Hall–Kier alpha value is -0.300. The van der Waals surface area contributed by atoms with Crippen LogP contribution in [-0.2, 0) is 0 Å². The molecule has 0 heterocycles. The highest BCUT2D eigenvalue weighted by Gasteiger charge is 2.14. The zero-order valence-corrected chi connectivity index (χ0v) is 8.23. The molecule has 1 heteroatoms. The standard InChI is InChI=1S/C11H21N/c1-2-3-4-5-10-6-7-11(10)8-9-12/h2-9,12H2,1H3. The smallest absolute Gasteiger partial charge is 0.00398 e. The molecule has 0 aromatic heterocycles. The molecule has 0 spiro atoms. The van der Waals surface area contributed by atoms with Gasteiger partial charge in [0.2, 0.25) is 0 Å². The van der Waals surface area contributed by atoms with Gasteiger partial charge < -0.3 is 5.73 Å². The lowest BCUT2D eigenvalue weighted by Gasteiger charge is -2.23. The number of hydrogen-bond donors (Lipinski definition) is 1. The number of rotatable bonds is 6. The largest absolute Gasteiger partial charge is 0.330 e. The van der Waals surface area contributed by atoms with E-state index in [1.165, 1.54) is 38.5 Å². The lowest BCUT2D eigenvalue weighted by molar-refractivity contribution is 0.635. The third-order valence-corrected chi connectivity index (χ3v) is 2.76. The molecule has 0 aromatic carbocycles. The minimum absolute atomic E-state index is 0.840. The molecule has 0 saturated heterocycles. The first-order valence-electron chi connectivity index (χ1n) is 5.28. The van der Waals surface area contributed by atoms with Crippen LogP contribution >= 0.6 is 0 Å². The summed E-state index contributed by atoms with van der Waals surface area (Å²) >= 11 is 0. The maximum absolute atomic E-state index is 5.52. The summed E-state index contributed by atoms with van der Waals surface area (Å²) in [4.78, 5) is 0. The molecule has 70 valence electrons. The average Bonchev–Trinajstić information content (AvgIpc) is 2.06. The molecule has 0 atom stereocenters. The Labute approximate surface area is 76.0 Å². The number of allylic oxidation sites excluding steroid dienone is 1. The summed E-state index contributed by atoms with van der Waals surface area (Å²) in [6.45, 7) is 3.10. The molecular formula is C11H21N. The van der Waals surface area contributed by atoms with Crippen LogP contribution in [0.1, 0.15) is 51.9 Å². The summed E-state index contributed by atoms with van der Waals surface area (Å²) in [6, 6.07) is 0.